The van der Waals surface area contributed by atoms with Gasteiger partial charge in [-0.15, -0.1) is 0 Å². The third kappa shape index (κ3) is 5.64. The second-order valence-corrected chi connectivity index (χ2v) is 2.93. The maximum atomic E-state index is 10.4. The molecule has 0 bridgehead atoms. The van der Waals surface area contributed by atoms with Crippen LogP contribution in [0.1, 0.15) is 0 Å². The summed E-state index contributed by atoms with van der Waals surface area (Å²) in [7, 11) is 0. The van der Waals surface area contributed by atoms with Gasteiger partial charge in [-0.2, -0.15) is 0 Å². The standard InChI is InChI=1S/C2HCl4NO3.Al.Zr/c3-2(4,7(5)9)1(8)10-6;;/h9H;;. The number of halogens is 4. The molecule has 0 spiro atoms. The van der Waals surface area contributed by atoms with Crippen molar-refractivity contribution in [1.82, 2.24) is 4.58 Å². The van der Waals surface area contributed by atoms with Gasteiger partial charge < -0.3 is 4.29 Å². The third-order valence-electron chi connectivity index (χ3n) is 0.547. The number of nitrogens with zero attached hydrogens (tertiary/aromatic N) is 1. The van der Waals surface area contributed by atoms with Crippen molar-refractivity contribution in [3.8, 4) is 0 Å². The zero-order chi connectivity index (χ0) is 8.36. The summed E-state index contributed by atoms with van der Waals surface area (Å²) in [6.45, 7) is 0. The Balaban J connectivity index is -0.000000405. The van der Waals surface area contributed by atoms with Gasteiger partial charge in [-0.1, -0.05) is 27.8 Å². The molecule has 0 aromatic heterocycles. The van der Waals surface area contributed by atoms with Crippen molar-refractivity contribution in [3.05, 3.63) is 0 Å². The number of hydrogen-bond donors (Lipinski definition) is 1. The number of hydroxylamine groups is 1. The van der Waals surface area contributed by atoms with E-state index in [4.69, 9.17) is 40.2 Å². The molecule has 1 N–H and O–H groups in total. The van der Waals surface area contributed by atoms with E-state index < -0.39 is 10.4 Å². The Morgan fingerprint density at radius 3 is 1.92 bits per heavy atom. The molecule has 0 aliphatic carbocycles. The second-order valence-electron chi connectivity index (χ2n) is 1.17. The van der Waals surface area contributed by atoms with Gasteiger partial charge in [0.05, 0.1) is 0 Å². The average molecular weight is 347 g/mol. The molecule has 0 atom stereocenters. The van der Waals surface area contributed by atoms with Crippen LogP contribution in [0.15, 0.2) is 0 Å². The fourth-order valence-corrected chi connectivity index (χ4v) is 0.459. The second kappa shape index (κ2) is 8.29. The minimum absolute atomic E-state index is 0. The van der Waals surface area contributed by atoms with Crippen LogP contribution in [0, 0.1) is 0 Å². The molecule has 4 nitrogen and oxygen atoms in total. The Hall–Kier alpha value is 1.97. The van der Waals surface area contributed by atoms with Crippen molar-refractivity contribution in [2.24, 2.45) is 0 Å². The van der Waals surface area contributed by atoms with Crippen LogP contribution in [0.5, 0.6) is 0 Å². The van der Waals surface area contributed by atoms with E-state index in [0.29, 0.717) is 0 Å². The SMILES string of the molecule is O=C(OCl)C(Cl)(Cl)N(O)Cl.[Al].[Zr]. The minimum atomic E-state index is -2.39. The summed E-state index contributed by atoms with van der Waals surface area (Å²) in [5.74, 6) is -1.30. The van der Waals surface area contributed by atoms with E-state index in [2.05, 4.69) is 16.2 Å². The van der Waals surface area contributed by atoms with Crippen molar-refractivity contribution < 1.29 is 40.5 Å². The normalized spacial score (nSPS) is 9.83. The van der Waals surface area contributed by atoms with Crippen LogP contribution >= 0.6 is 46.8 Å². The molecular weight excluding hydrogens is 346 g/mol. The van der Waals surface area contributed by atoms with Crippen LogP contribution in [0.2, 0.25) is 0 Å². The fraction of sp³-hybridized carbons (Fsp3) is 0.500. The van der Waals surface area contributed by atoms with Crippen molar-refractivity contribution >= 4 is 70.2 Å². The summed E-state index contributed by atoms with van der Waals surface area (Å²) >= 11 is 19.5. The predicted molar refractivity (Wildman–Crippen MR) is 41.6 cm³/mol. The zero-order valence-corrected chi connectivity index (χ0v) is 11.9. The third-order valence-corrected chi connectivity index (χ3v) is 1.74. The zero-order valence-electron chi connectivity index (χ0n) is 5.30. The average Bonchev–Trinajstić information content (AvgIpc) is 1.86. The van der Waals surface area contributed by atoms with Crippen LogP contribution in [-0.2, 0) is 35.3 Å². The van der Waals surface area contributed by atoms with E-state index in [0.717, 1.165) is 0 Å². The van der Waals surface area contributed by atoms with Crippen LogP contribution in [0.4, 0.5) is 0 Å². The molecule has 0 heterocycles. The first kappa shape index (κ1) is 19.5. The topological polar surface area (TPSA) is 49.8 Å². The van der Waals surface area contributed by atoms with E-state index in [1.807, 2.05) is 0 Å². The first-order valence-electron chi connectivity index (χ1n) is 1.78. The van der Waals surface area contributed by atoms with Gasteiger partial charge in [-0.3, -0.25) is 5.21 Å². The molecule has 0 saturated heterocycles. The van der Waals surface area contributed by atoms with Gasteiger partial charge >= 0.3 is 10.4 Å². The molecule has 0 aromatic rings. The molecule has 10 heteroatoms. The quantitative estimate of drug-likeness (QED) is 0.269. The number of carbonyl (C=O) groups is 1. The molecule has 0 aliphatic heterocycles. The summed E-state index contributed by atoms with van der Waals surface area (Å²) in [6, 6.07) is 0. The number of hydrogen-bond acceptors (Lipinski definition) is 4. The van der Waals surface area contributed by atoms with Crippen molar-refractivity contribution in [3.63, 3.8) is 0 Å². The van der Waals surface area contributed by atoms with Gasteiger partial charge in [0.1, 0.15) is 11.9 Å². The monoisotopic (exact) mass is 344 g/mol. The van der Waals surface area contributed by atoms with Gasteiger partial charge in [-0.05, 0) is 0 Å². The van der Waals surface area contributed by atoms with Crippen LogP contribution < -0.4 is 0 Å². The maximum Gasteiger partial charge on any atom is 0.379 e. The van der Waals surface area contributed by atoms with Crippen molar-refractivity contribution in [1.29, 1.82) is 0 Å². The van der Waals surface area contributed by atoms with E-state index in [1.54, 1.807) is 0 Å². The molecule has 0 unspecified atom stereocenters. The molecule has 0 rings (SSSR count). The summed E-state index contributed by atoms with van der Waals surface area (Å²) in [4.78, 5) is 10.4. The largest absolute Gasteiger partial charge is 0.379 e. The van der Waals surface area contributed by atoms with Crippen LogP contribution in [0.25, 0.3) is 0 Å². The number of carbonyl (C=O) groups excluding carboxylic acids is 1. The number of rotatable bonds is 2. The Morgan fingerprint density at radius 2 is 1.83 bits per heavy atom. The maximum absolute atomic E-state index is 10.4. The fourth-order valence-electron chi connectivity index (χ4n) is 0.122. The molecule has 67 valence electrons. The first-order valence-corrected chi connectivity index (χ1v) is 3.19. The van der Waals surface area contributed by atoms with Crippen LogP contribution in [0.3, 0.4) is 0 Å². The summed E-state index contributed by atoms with van der Waals surface area (Å²) in [5, 5.41) is 8.36. The summed E-state index contributed by atoms with van der Waals surface area (Å²) < 4.78 is 0.911. The van der Waals surface area contributed by atoms with E-state index >= 15 is 0 Å². The van der Waals surface area contributed by atoms with Gasteiger partial charge in [0.15, 0.2) is 0 Å². The van der Waals surface area contributed by atoms with Gasteiger partial charge in [0.25, 0.3) is 0 Å². The Morgan fingerprint density at radius 1 is 1.50 bits per heavy atom. The molecule has 3 radical (unpaired) electrons. The first-order chi connectivity index (χ1) is 4.42. The predicted octanol–water partition coefficient (Wildman–Crippen LogP) is 1.28. The molecule has 12 heavy (non-hydrogen) atoms. The molecule has 0 amide bonds. The smallest absolute Gasteiger partial charge is 0.343 e. The summed E-state index contributed by atoms with van der Waals surface area (Å²) in [5.41, 5.74) is 0. The Bertz CT molecular complexity index is 146. The Kier molecular flexibility index (Phi) is 13.5. The van der Waals surface area contributed by atoms with E-state index in [-0.39, 0.29) is 48.1 Å². The molecular formula is C2HAlCl4NO3Zr. The molecule has 0 saturated carbocycles. The Labute approximate surface area is 119 Å². The van der Waals surface area contributed by atoms with E-state index in [1.165, 1.54) is 0 Å². The van der Waals surface area contributed by atoms with Gasteiger partial charge in [0, 0.05) is 55.3 Å². The van der Waals surface area contributed by atoms with Gasteiger partial charge in [-0.25, -0.2) is 4.79 Å². The summed E-state index contributed by atoms with van der Waals surface area (Å²) in [6.07, 6.45) is 0. The molecule has 0 fully saturated rings. The van der Waals surface area contributed by atoms with Crippen LogP contribution in [-0.4, -0.2) is 37.6 Å². The van der Waals surface area contributed by atoms with Gasteiger partial charge in [0.2, 0.25) is 0 Å². The molecule has 0 aliphatic rings. The van der Waals surface area contributed by atoms with E-state index in [9.17, 15) is 4.79 Å². The van der Waals surface area contributed by atoms with Crippen molar-refractivity contribution in [2.45, 2.75) is 4.46 Å². The minimum Gasteiger partial charge on any atom is -0.343 e. The molecule has 0 aromatic carbocycles. The number of alkyl halides is 2. The van der Waals surface area contributed by atoms with Crippen molar-refractivity contribution in [2.75, 3.05) is 0 Å².